The van der Waals surface area contributed by atoms with E-state index in [4.69, 9.17) is 19.9 Å². The number of rotatable bonds is 9. The Bertz CT molecular complexity index is 357. The molecule has 0 heterocycles. The quantitative estimate of drug-likeness (QED) is 0.657. The van der Waals surface area contributed by atoms with Crippen molar-refractivity contribution in [3.63, 3.8) is 0 Å². The number of nitrogens with two attached hydrogens (primary N) is 1. The van der Waals surface area contributed by atoms with Gasteiger partial charge in [-0.1, -0.05) is 18.2 Å². The summed E-state index contributed by atoms with van der Waals surface area (Å²) in [6.45, 7) is 3.28. The molecule has 0 bridgehead atoms. The van der Waals surface area contributed by atoms with E-state index in [1.807, 2.05) is 31.2 Å². The highest BCUT2D eigenvalue weighted by Gasteiger charge is 2.10. The minimum Gasteiger partial charge on any atom is -0.490 e. The number of para-hydroxylation sites is 1. The molecule has 0 aliphatic heterocycles. The Morgan fingerprint density at radius 2 is 1.95 bits per heavy atom. The molecule has 19 heavy (non-hydrogen) atoms. The summed E-state index contributed by atoms with van der Waals surface area (Å²) >= 11 is 0. The van der Waals surface area contributed by atoms with Crippen LogP contribution in [0.5, 0.6) is 5.75 Å². The van der Waals surface area contributed by atoms with Gasteiger partial charge in [0.25, 0.3) is 0 Å². The number of ether oxygens (including phenoxy) is 3. The van der Waals surface area contributed by atoms with Crippen molar-refractivity contribution in [1.82, 2.24) is 0 Å². The molecule has 5 nitrogen and oxygen atoms in total. The Morgan fingerprint density at radius 1 is 1.21 bits per heavy atom. The van der Waals surface area contributed by atoms with Crippen LogP contribution in [0.3, 0.4) is 0 Å². The third kappa shape index (κ3) is 6.02. The summed E-state index contributed by atoms with van der Waals surface area (Å²) in [6.07, 6.45) is -0.669. The molecule has 0 amide bonds. The first-order valence-corrected chi connectivity index (χ1v) is 6.37. The Morgan fingerprint density at radius 3 is 2.63 bits per heavy atom. The van der Waals surface area contributed by atoms with Crippen molar-refractivity contribution in [3.8, 4) is 5.75 Å². The van der Waals surface area contributed by atoms with Gasteiger partial charge in [-0.05, 0) is 13.0 Å². The molecule has 0 radical (unpaired) electrons. The van der Waals surface area contributed by atoms with E-state index in [2.05, 4.69) is 0 Å². The first-order chi connectivity index (χ1) is 9.15. The number of hydrogen-bond donors (Lipinski definition) is 2. The Kier molecular flexibility index (Phi) is 7.43. The summed E-state index contributed by atoms with van der Waals surface area (Å²) in [5.74, 6) is 0.702. The lowest BCUT2D eigenvalue weighted by molar-refractivity contribution is -0.00435. The average molecular weight is 269 g/mol. The van der Waals surface area contributed by atoms with E-state index in [1.165, 1.54) is 0 Å². The molecular formula is C14H23NO4. The molecule has 1 unspecified atom stereocenters. The molecule has 1 aromatic carbocycles. The summed E-state index contributed by atoms with van der Waals surface area (Å²) in [5.41, 5.74) is 6.78. The molecule has 1 rings (SSSR count). The fourth-order valence-electron chi connectivity index (χ4n) is 1.58. The molecule has 0 aromatic heterocycles. The lowest BCUT2D eigenvalue weighted by Gasteiger charge is -2.16. The van der Waals surface area contributed by atoms with Gasteiger partial charge >= 0.3 is 0 Å². The van der Waals surface area contributed by atoms with Crippen LogP contribution in [0.25, 0.3) is 0 Å². The highest BCUT2D eigenvalue weighted by atomic mass is 16.5. The van der Waals surface area contributed by atoms with Gasteiger partial charge in [0.15, 0.2) is 0 Å². The van der Waals surface area contributed by atoms with Gasteiger partial charge in [-0.25, -0.2) is 0 Å². The van der Waals surface area contributed by atoms with Crippen LogP contribution in [-0.2, 0) is 9.47 Å². The third-order valence-corrected chi connectivity index (χ3v) is 2.58. The van der Waals surface area contributed by atoms with Crippen molar-refractivity contribution in [2.45, 2.75) is 19.1 Å². The van der Waals surface area contributed by atoms with E-state index in [-0.39, 0.29) is 19.3 Å². The second-order valence-electron chi connectivity index (χ2n) is 4.36. The topological polar surface area (TPSA) is 73.9 Å². The summed E-state index contributed by atoms with van der Waals surface area (Å²) < 4.78 is 15.6. The standard InChI is InChI=1S/C14H23NO4/c1-11(15)13-5-3-4-6-14(13)19-10-12(16)9-18-8-7-17-2/h3-6,11-12,16H,7-10,15H2,1-2H3/t11-,12?/m0/s1. The van der Waals surface area contributed by atoms with Gasteiger partial charge in [0.1, 0.15) is 18.5 Å². The van der Waals surface area contributed by atoms with E-state index in [1.54, 1.807) is 7.11 Å². The van der Waals surface area contributed by atoms with Crippen LogP contribution in [0.4, 0.5) is 0 Å². The molecule has 0 fully saturated rings. The van der Waals surface area contributed by atoms with Crippen molar-refractivity contribution in [1.29, 1.82) is 0 Å². The van der Waals surface area contributed by atoms with E-state index < -0.39 is 6.10 Å². The summed E-state index contributed by atoms with van der Waals surface area (Å²) in [7, 11) is 1.60. The third-order valence-electron chi connectivity index (χ3n) is 2.58. The van der Waals surface area contributed by atoms with Gasteiger partial charge in [0, 0.05) is 18.7 Å². The highest BCUT2D eigenvalue weighted by Crippen LogP contribution is 2.23. The van der Waals surface area contributed by atoms with Crippen LogP contribution < -0.4 is 10.5 Å². The number of methoxy groups -OCH3 is 1. The monoisotopic (exact) mass is 269 g/mol. The van der Waals surface area contributed by atoms with Crippen LogP contribution in [-0.4, -0.2) is 44.7 Å². The van der Waals surface area contributed by atoms with E-state index >= 15 is 0 Å². The molecule has 108 valence electrons. The van der Waals surface area contributed by atoms with Crippen LogP contribution in [0.1, 0.15) is 18.5 Å². The molecule has 0 aliphatic carbocycles. The molecular weight excluding hydrogens is 246 g/mol. The minimum absolute atomic E-state index is 0.105. The Hall–Kier alpha value is -1.14. The lowest BCUT2D eigenvalue weighted by atomic mass is 10.1. The van der Waals surface area contributed by atoms with Crippen LogP contribution >= 0.6 is 0 Å². The normalized spacial score (nSPS) is 14.1. The molecule has 0 aliphatic rings. The summed E-state index contributed by atoms with van der Waals surface area (Å²) in [5, 5.41) is 9.72. The van der Waals surface area contributed by atoms with Gasteiger partial charge in [0.2, 0.25) is 0 Å². The van der Waals surface area contributed by atoms with Gasteiger partial charge in [0.05, 0.1) is 19.8 Å². The second kappa shape index (κ2) is 8.87. The largest absolute Gasteiger partial charge is 0.490 e. The SMILES string of the molecule is COCCOCC(O)COc1ccccc1[C@H](C)N. The molecule has 0 spiro atoms. The van der Waals surface area contributed by atoms with Crippen molar-refractivity contribution in [3.05, 3.63) is 29.8 Å². The minimum atomic E-state index is -0.669. The molecule has 2 atom stereocenters. The van der Waals surface area contributed by atoms with Crippen molar-refractivity contribution in [2.75, 3.05) is 33.5 Å². The second-order valence-corrected chi connectivity index (χ2v) is 4.36. The highest BCUT2D eigenvalue weighted by molar-refractivity contribution is 5.35. The lowest BCUT2D eigenvalue weighted by Crippen LogP contribution is -2.24. The van der Waals surface area contributed by atoms with Crippen LogP contribution in [0.15, 0.2) is 24.3 Å². The zero-order valence-electron chi connectivity index (χ0n) is 11.5. The molecule has 3 N–H and O–H groups in total. The zero-order chi connectivity index (χ0) is 14.1. The molecule has 0 saturated heterocycles. The van der Waals surface area contributed by atoms with E-state index in [0.717, 1.165) is 5.56 Å². The van der Waals surface area contributed by atoms with E-state index in [9.17, 15) is 5.11 Å². The Balaban J connectivity index is 2.35. The zero-order valence-corrected chi connectivity index (χ0v) is 11.5. The Labute approximate surface area is 114 Å². The summed E-state index contributed by atoms with van der Waals surface area (Å²) in [4.78, 5) is 0. The maximum absolute atomic E-state index is 9.72. The number of benzene rings is 1. The summed E-state index contributed by atoms with van der Waals surface area (Å²) in [6, 6.07) is 7.45. The first-order valence-electron chi connectivity index (χ1n) is 6.37. The maximum Gasteiger partial charge on any atom is 0.124 e. The predicted octanol–water partition coefficient (Wildman–Crippen LogP) is 1.11. The van der Waals surface area contributed by atoms with Gasteiger partial charge in [-0.3, -0.25) is 0 Å². The molecule has 5 heteroatoms. The van der Waals surface area contributed by atoms with Crippen molar-refractivity contribution >= 4 is 0 Å². The smallest absolute Gasteiger partial charge is 0.124 e. The van der Waals surface area contributed by atoms with Gasteiger partial charge in [-0.2, -0.15) is 0 Å². The molecule has 0 saturated carbocycles. The van der Waals surface area contributed by atoms with Crippen LogP contribution in [0.2, 0.25) is 0 Å². The number of aliphatic hydroxyl groups is 1. The fourth-order valence-corrected chi connectivity index (χ4v) is 1.58. The molecule has 1 aromatic rings. The number of hydrogen-bond acceptors (Lipinski definition) is 5. The maximum atomic E-state index is 9.72. The van der Waals surface area contributed by atoms with E-state index in [0.29, 0.717) is 19.0 Å². The predicted molar refractivity (Wildman–Crippen MR) is 73.2 cm³/mol. The number of aliphatic hydroxyl groups excluding tert-OH is 1. The van der Waals surface area contributed by atoms with Crippen molar-refractivity contribution < 1.29 is 19.3 Å². The average Bonchev–Trinajstić information content (AvgIpc) is 2.41. The first kappa shape index (κ1) is 15.9. The fraction of sp³-hybridized carbons (Fsp3) is 0.571. The van der Waals surface area contributed by atoms with Crippen LogP contribution in [0, 0.1) is 0 Å². The van der Waals surface area contributed by atoms with Gasteiger partial charge in [-0.15, -0.1) is 0 Å². The van der Waals surface area contributed by atoms with Gasteiger partial charge < -0.3 is 25.1 Å². The van der Waals surface area contributed by atoms with Crippen molar-refractivity contribution in [2.24, 2.45) is 5.73 Å².